The topological polar surface area (TPSA) is 64.0 Å². The average Bonchev–Trinajstić information content (AvgIpc) is 2.42. The van der Waals surface area contributed by atoms with Crippen LogP contribution < -0.4 is 0 Å². The first-order valence-corrected chi connectivity index (χ1v) is 7.36. The summed E-state index contributed by atoms with van der Waals surface area (Å²) in [6, 6.07) is 0. The first kappa shape index (κ1) is 14.8. The summed E-state index contributed by atoms with van der Waals surface area (Å²) in [5.74, 6) is 0.546. The summed E-state index contributed by atoms with van der Waals surface area (Å²) < 4.78 is 0. The van der Waals surface area contributed by atoms with Gasteiger partial charge in [-0.05, 0) is 31.6 Å². The fourth-order valence-corrected chi connectivity index (χ4v) is 3.13. The molecule has 1 amide bonds. The molecule has 5 nitrogen and oxygen atoms in total. The lowest BCUT2D eigenvalue weighted by molar-refractivity contribution is -0.136. The first-order valence-electron chi connectivity index (χ1n) is 7.36. The Balaban J connectivity index is 1.77. The van der Waals surface area contributed by atoms with Crippen LogP contribution in [0.3, 0.4) is 0 Å². The van der Waals surface area contributed by atoms with Crippen molar-refractivity contribution >= 4 is 5.91 Å². The zero-order valence-corrected chi connectivity index (χ0v) is 11.8. The summed E-state index contributed by atoms with van der Waals surface area (Å²) in [7, 11) is 0. The number of aliphatic hydroxyl groups excluding tert-OH is 1. The Morgan fingerprint density at radius 3 is 2.32 bits per heavy atom. The Labute approximate surface area is 115 Å². The molecule has 19 heavy (non-hydrogen) atoms. The summed E-state index contributed by atoms with van der Waals surface area (Å²) in [5, 5.41) is 19.4. The predicted molar refractivity (Wildman–Crippen MR) is 72.7 cm³/mol. The van der Waals surface area contributed by atoms with Gasteiger partial charge in [-0.1, -0.05) is 6.92 Å². The second kappa shape index (κ2) is 6.20. The molecule has 1 aliphatic heterocycles. The second-order valence-electron chi connectivity index (χ2n) is 6.22. The van der Waals surface area contributed by atoms with E-state index in [9.17, 15) is 9.90 Å². The Kier molecular flexibility index (Phi) is 4.81. The molecule has 5 heteroatoms. The van der Waals surface area contributed by atoms with Gasteiger partial charge in [0.05, 0.1) is 5.60 Å². The molecule has 0 unspecified atom stereocenters. The molecule has 2 aliphatic rings. The molecule has 0 aromatic heterocycles. The summed E-state index contributed by atoms with van der Waals surface area (Å²) in [6.07, 6.45) is 4.01. The quantitative estimate of drug-likeness (QED) is 0.761. The minimum absolute atomic E-state index is 0.190. The van der Waals surface area contributed by atoms with E-state index in [2.05, 4.69) is 11.8 Å². The van der Waals surface area contributed by atoms with E-state index in [1.54, 1.807) is 4.90 Å². The molecule has 1 saturated carbocycles. The van der Waals surface area contributed by atoms with E-state index in [1.165, 1.54) is 0 Å². The third kappa shape index (κ3) is 3.91. The van der Waals surface area contributed by atoms with Crippen LogP contribution in [0.15, 0.2) is 0 Å². The van der Waals surface area contributed by atoms with E-state index in [4.69, 9.17) is 5.11 Å². The van der Waals surface area contributed by atoms with Crippen LogP contribution >= 0.6 is 0 Å². The molecule has 2 N–H and O–H groups in total. The minimum atomic E-state index is -0.532. The average molecular weight is 270 g/mol. The number of rotatable bonds is 3. The number of carbonyl (C=O) groups is 1. The van der Waals surface area contributed by atoms with Crippen molar-refractivity contribution in [3.63, 3.8) is 0 Å². The third-order valence-corrected chi connectivity index (χ3v) is 4.58. The summed E-state index contributed by atoms with van der Waals surface area (Å²) in [5.41, 5.74) is -0.532. The number of β-amino-alcohol motifs (C(OH)–C–C–N with tert-alkyl or cyclic N) is 1. The summed E-state index contributed by atoms with van der Waals surface area (Å²) >= 11 is 0. The van der Waals surface area contributed by atoms with Crippen molar-refractivity contribution in [3.8, 4) is 0 Å². The normalized spacial score (nSPS) is 33.4. The number of piperazine rings is 1. The monoisotopic (exact) mass is 270 g/mol. The van der Waals surface area contributed by atoms with Crippen LogP contribution in [0.2, 0.25) is 0 Å². The molecule has 110 valence electrons. The Hall–Kier alpha value is -0.650. The number of nitrogens with zero attached hydrogens (tertiary/aromatic N) is 2. The number of aliphatic hydroxyl groups is 2. The maximum Gasteiger partial charge on any atom is 0.248 e. The van der Waals surface area contributed by atoms with Crippen LogP contribution in [0.5, 0.6) is 0 Å². The van der Waals surface area contributed by atoms with Gasteiger partial charge in [0, 0.05) is 32.7 Å². The zero-order chi connectivity index (χ0) is 13.9. The first-order chi connectivity index (χ1) is 9.02. The third-order valence-electron chi connectivity index (χ3n) is 4.58. The fourth-order valence-electron chi connectivity index (χ4n) is 3.13. The van der Waals surface area contributed by atoms with E-state index in [0.717, 1.165) is 51.2 Å². The van der Waals surface area contributed by atoms with Crippen molar-refractivity contribution in [1.82, 2.24) is 9.80 Å². The Bertz CT molecular complexity index is 306. The maximum atomic E-state index is 11.4. The molecule has 0 atom stereocenters. The molecular weight excluding hydrogens is 244 g/mol. The standard InChI is InChI=1S/C14H26N2O3/c1-12-2-4-14(19,5-3-12)11-15-6-8-16(9-7-15)13(18)10-17/h12,17,19H,2-11H2,1H3. The smallest absolute Gasteiger partial charge is 0.248 e. The van der Waals surface area contributed by atoms with E-state index in [-0.39, 0.29) is 5.91 Å². The molecule has 0 aromatic rings. The van der Waals surface area contributed by atoms with Crippen LogP contribution in [-0.2, 0) is 4.79 Å². The summed E-state index contributed by atoms with van der Waals surface area (Å²) in [4.78, 5) is 15.3. The lowest BCUT2D eigenvalue weighted by Gasteiger charge is -2.41. The van der Waals surface area contributed by atoms with E-state index >= 15 is 0 Å². The van der Waals surface area contributed by atoms with Crippen LogP contribution in [0.4, 0.5) is 0 Å². The number of hydrogen-bond acceptors (Lipinski definition) is 4. The molecule has 0 spiro atoms. The molecular formula is C14H26N2O3. The van der Waals surface area contributed by atoms with Gasteiger partial charge in [0.1, 0.15) is 6.61 Å². The van der Waals surface area contributed by atoms with Crippen molar-refractivity contribution in [3.05, 3.63) is 0 Å². The van der Waals surface area contributed by atoms with Crippen LogP contribution in [0, 0.1) is 5.92 Å². The zero-order valence-electron chi connectivity index (χ0n) is 11.8. The lowest BCUT2D eigenvalue weighted by atomic mass is 9.79. The van der Waals surface area contributed by atoms with Crippen molar-refractivity contribution in [2.24, 2.45) is 5.92 Å². The van der Waals surface area contributed by atoms with Gasteiger partial charge in [-0.25, -0.2) is 0 Å². The van der Waals surface area contributed by atoms with Crippen molar-refractivity contribution in [2.45, 2.75) is 38.2 Å². The van der Waals surface area contributed by atoms with Gasteiger partial charge in [-0.15, -0.1) is 0 Å². The Morgan fingerprint density at radius 1 is 1.21 bits per heavy atom. The highest BCUT2D eigenvalue weighted by Crippen LogP contribution is 2.32. The molecule has 1 heterocycles. The van der Waals surface area contributed by atoms with E-state index in [0.29, 0.717) is 13.1 Å². The minimum Gasteiger partial charge on any atom is -0.389 e. The van der Waals surface area contributed by atoms with E-state index < -0.39 is 12.2 Å². The second-order valence-corrected chi connectivity index (χ2v) is 6.22. The van der Waals surface area contributed by atoms with Crippen LogP contribution in [-0.4, -0.2) is 70.9 Å². The summed E-state index contributed by atoms with van der Waals surface area (Å²) in [6.45, 7) is 5.48. The Morgan fingerprint density at radius 2 is 1.79 bits per heavy atom. The van der Waals surface area contributed by atoms with Crippen LogP contribution in [0.25, 0.3) is 0 Å². The highest BCUT2D eigenvalue weighted by Gasteiger charge is 2.34. The fraction of sp³-hybridized carbons (Fsp3) is 0.929. The van der Waals surface area contributed by atoms with Crippen molar-refractivity contribution in [1.29, 1.82) is 0 Å². The highest BCUT2D eigenvalue weighted by atomic mass is 16.3. The van der Waals surface area contributed by atoms with Gasteiger partial charge in [-0.3, -0.25) is 9.69 Å². The van der Waals surface area contributed by atoms with Gasteiger partial charge in [-0.2, -0.15) is 0 Å². The van der Waals surface area contributed by atoms with Crippen molar-refractivity contribution in [2.75, 3.05) is 39.3 Å². The van der Waals surface area contributed by atoms with Gasteiger partial charge in [0.25, 0.3) is 0 Å². The van der Waals surface area contributed by atoms with Gasteiger partial charge in [0.15, 0.2) is 0 Å². The molecule has 0 bridgehead atoms. The largest absolute Gasteiger partial charge is 0.389 e. The maximum absolute atomic E-state index is 11.4. The predicted octanol–water partition coefficient (Wildman–Crippen LogP) is 0.0641. The van der Waals surface area contributed by atoms with Crippen LogP contribution in [0.1, 0.15) is 32.6 Å². The van der Waals surface area contributed by atoms with Gasteiger partial charge >= 0.3 is 0 Å². The lowest BCUT2D eigenvalue weighted by Crippen LogP contribution is -2.54. The number of carbonyl (C=O) groups excluding carboxylic acids is 1. The SMILES string of the molecule is CC1CCC(O)(CN2CCN(C(=O)CO)CC2)CC1. The van der Waals surface area contributed by atoms with Gasteiger partial charge < -0.3 is 15.1 Å². The highest BCUT2D eigenvalue weighted by molar-refractivity contribution is 5.77. The molecule has 2 fully saturated rings. The molecule has 2 rings (SSSR count). The van der Waals surface area contributed by atoms with Gasteiger partial charge in [0.2, 0.25) is 5.91 Å². The number of hydrogen-bond donors (Lipinski definition) is 2. The molecule has 1 saturated heterocycles. The van der Waals surface area contributed by atoms with Crippen molar-refractivity contribution < 1.29 is 15.0 Å². The molecule has 0 aromatic carbocycles. The number of amides is 1. The van der Waals surface area contributed by atoms with E-state index in [1.807, 2.05) is 0 Å². The molecule has 1 aliphatic carbocycles. The molecule has 0 radical (unpaired) electrons.